The third-order valence-corrected chi connectivity index (χ3v) is 9.30. The van der Waals surface area contributed by atoms with Gasteiger partial charge in [0.15, 0.2) is 0 Å². The zero-order chi connectivity index (χ0) is 20.4. The van der Waals surface area contributed by atoms with Crippen LogP contribution >= 0.6 is 0 Å². The van der Waals surface area contributed by atoms with Crippen molar-refractivity contribution >= 4 is 44.4 Å². The van der Waals surface area contributed by atoms with Crippen LogP contribution in [0.5, 0.6) is 0 Å². The fourth-order valence-corrected chi connectivity index (χ4v) is 8.21. The van der Waals surface area contributed by atoms with Gasteiger partial charge < -0.3 is 0 Å². The summed E-state index contributed by atoms with van der Waals surface area (Å²) in [5.41, 5.74) is 4.07. The van der Waals surface area contributed by atoms with Crippen molar-refractivity contribution in [2.24, 2.45) is 0 Å². The van der Waals surface area contributed by atoms with Crippen LogP contribution in [-0.4, -0.2) is 29.9 Å². The number of rotatable bonds is 8. The molecule has 30 heavy (non-hydrogen) atoms. The van der Waals surface area contributed by atoms with Crippen molar-refractivity contribution in [1.29, 1.82) is 0 Å². The molecule has 0 aromatic heterocycles. The van der Waals surface area contributed by atoms with Crippen LogP contribution in [0.2, 0.25) is 5.32 Å². The molecule has 0 fully saturated rings. The fraction of sp³-hybridized carbons (Fsp3) is 0.0714. The molecule has 2 heteroatoms. The molecule has 0 amide bonds. The SMILES string of the molecule is c1ccc([Se]CCC([Se]c2ccccc2)=C(c2ccccc2)c2ccccc2)cc1. The Morgan fingerprint density at radius 1 is 0.500 bits per heavy atom. The molecule has 0 saturated heterocycles. The van der Waals surface area contributed by atoms with Crippen LogP contribution in [0.15, 0.2) is 126 Å². The Morgan fingerprint density at radius 2 is 0.933 bits per heavy atom. The Bertz CT molecular complexity index is 1020. The third-order valence-electron chi connectivity index (χ3n) is 4.73. The molecule has 0 aliphatic rings. The van der Waals surface area contributed by atoms with E-state index in [-0.39, 0.29) is 0 Å². The minimum absolute atomic E-state index is 0.301. The summed E-state index contributed by atoms with van der Waals surface area (Å²) in [6.45, 7) is 0. The van der Waals surface area contributed by atoms with Gasteiger partial charge in [-0.05, 0) is 0 Å². The monoisotopic (exact) mass is 520 g/mol. The van der Waals surface area contributed by atoms with E-state index in [2.05, 4.69) is 121 Å². The molecule has 0 unspecified atom stereocenters. The molecular weight excluding hydrogens is 494 g/mol. The molecule has 4 aromatic carbocycles. The number of hydrogen-bond donors (Lipinski definition) is 0. The zero-order valence-electron chi connectivity index (χ0n) is 16.8. The van der Waals surface area contributed by atoms with Gasteiger partial charge in [0.05, 0.1) is 0 Å². The maximum atomic E-state index is 2.27. The summed E-state index contributed by atoms with van der Waals surface area (Å²) >= 11 is 0.798. The molecule has 0 saturated carbocycles. The van der Waals surface area contributed by atoms with Crippen molar-refractivity contribution < 1.29 is 0 Å². The minimum atomic E-state index is 0.301. The van der Waals surface area contributed by atoms with Crippen LogP contribution in [0, 0.1) is 0 Å². The molecule has 4 rings (SSSR count). The van der Waals surface area contributed by atoms with E-state index in [9.17, 15) is 0 Å². The van der Waals surface area contributed by atoms with Gasteiger partial charge in [-0.2, -0.15) is 0 Å². The Morgan fingerprint density at radius 3 is 1.43 bits per heavy atom. The molecule has 0 spiro atoms. The maximum absolute atomic E-state index is 2.27. The molecule has 0 heterocycles. The molecule has 0 radical (unpaired) electrons. The molecule has 0 aliphatic heterocycles. The summed E-state index contributed by atoms with van der Waals surface area (Å²) in [4.78, 5) is 0. The van der Waals surface area contributed by atoms with Gasteiger partial charge in [0.2, 0.25) is 0 Å². The summed E-state index contributed by atoms with van der Waals surface area (Å²) in [7, 11) is 0. The standard InChI is InChI=1S/C28H24Se2/c1-5-13-23(14-6-1)28(24-15-7-2-8-16-24)27(30-26-19-11-4-12-20-26)21-22-29-25-17-9-3-10-18-25/h1-20H,21-22H2. The van der Waals surface area contributed by atoms with Crippen LogP contribution < -0.4 is 8.92 Å². The molecule has 148 valence electrons. The van der Waals surface area contributed by atoms with Gasteiger partial charge in [0, 0.05) is 0 Å². The second-order valence-electron chi connectivity index (χ2n) is 6.86. The number of allylic oxidation sites excluding steroid dienone is 1. The van der Waals surface area contributed by atoms with Crippen molar-refractivity contribution in [3.8, 4) is 0 Å². The van der Waals surface area contributed by atoms with E-state index in [1.165, 1.54) is 30.9 Å². The molecule has 0 aliphatic carbocycles. The quantitative estimate of drug-likeness (QED) is 0.278. The average molecular weight is 518 g/mol. The Hall–Kier alpha value is -2.34. The van der Waals surface area contributed by atoms with E-state index in [0.717, 1.165) is 6.42 Å². The van der Waals surface area contributed by atoms with Gasteiger partial charge in [0.25, 0.3) is 0 Å². The van der Waals surface area contributed by atoms with Gasteiger partial charge in [-0.15, -0.1) is 0 Å². The molecule has 0 N–H and O–H groups in total. The second kappa shape index (κ2) is 11.2. The van der Waals surface area contributed by atoms with Crippen LogP contribution in [0.4, 0.5) is 0 Å². The molecule has 4 aromatic rings. The van der Waals surface area contributed by atoms with E-state index in [4.69, 9.17) is 0 Å². The van der Waals surface area contributed by atoms with E-state index in [1.54, 1.807) is 4.47 Å². The van der Waals surface area contributed by atoms with Crippen LogP contribution in [-0.2, 0) is 0 Å². The average Bonchev–Trinajstić information content (AvgIpc) is 2.82. The fourth-order valence-electron chi connectivity index (χ4n) is 3.33. The molecule has 0 atom stereocenters. The normalized spacial score (nSPS) is 10.5. The van der Waals surface area contributed by atoms with E-state index in [0.29, 0.717) is 29.9 Å². The zero-order valence-corrected chi connectivity index (χ0v) is 20.2. The predicted octanol–water partition coefficient (Wildman–Crippen LogP) is 5.31. The first kappa shape index (κ1) is 20.9. The van der Waals surface area contributed by atoms with Gasteiger partial charge in [-0.3, -0.25) is 0 Å². The van der Waals surface area contributed by atoms with Crippen molar-refractivity contribution in [3.05, 3.63) is 137 Å². The van der Waals surface area contributed by atoms with Gasteiger partial charge >= 0.3 is 193 Å². The van der Waals surface area contributed by atoms with E-state index in [1.807, 2.05) is 0 Å². The third kappa shape index (κ3) is 5.85. The van der Waals surface area contributed by atoms with E-state index >= 15 is 0 Å². The van der Waals surface area contributed by atoms with Gasteiger partial charge in [-0.1, -0.05) is 0 Å². The second-order valence-corrected chi connectivity index (χ2v) is 11.8. The van der Waals surface area contributed by atoms with Crippen LogP contribution in [0.3, 0.4) is 0 Å². The first-order valence-electron chi connectivity index (χ1n) is 10.1. The Kier molecular flexibility index (Phi) is 7.78. The van der Waals surface area contributed by atoms with Crippen molar-refractivity contribution in [3.63, 3.8) is 0 Å². The summed E-state index contributed by atoms with van der Waals surface area (Å²) in [5.74, 6) is 0. The Balaban J connectivity index is 1.72. The van der Waals surface area contributed by atoms with Gasteiger partial charge in [0.1, 0.15) is 0 Å². The van der Waals surface area contributed by atoms with Gasteiger partial charge in [-0.25, -0.2) is 0 Å². The van der Waals surface area contributed by atoms with Crippen molar-refractivity contribution in [2.45, 2.75) is 11.7 Å². The number of benzene rings is 4. The summed E-state index contributed by atoms with van der Waals surface area (Å²) < 4.78 is 4.51. The van der Waals surface area contributed by atoms with Crippen molar-refractivity contribution in [1.82, 2.24) is 0 Å². The molecular formula is C28H24Se2. The Labute approximate surface area is 192 Å². The summed E-state index contributed by atoms with van der Waals surface area (Å²) in [5, 5.41) is 1.23. The van der Waals surface area contributed by atoms with E-state index < -0.39 is 0 Å². The molecule has 0 bridgehead atoms. The number of hydrogen-bond acceptors (Lipinski definition) is 0. The van der Waals surface area contributed by atoms with Crippen LogP contribution in [0.25, 0.3) is 5.57 Å². The first-order valence-corrected chi connectivity index (χ1v) is 13.9. The summed E-state index contributed by atoms with van der Waals surface area (Å²) in [6.07, 6.45) is 1.14. The topological polar surface area (TPSA) is 0 Å². The van der Waals surface area contributed by atoms with Crippen LogP contribution in [0.1, 0.15) is 17.5 Å². The summed E-state index contributed by atoms with van der Waals surface area (Å²) in [6, 6.07) is 43.8. The van der Waals surface area contributed by atoms with Crippen molar-refractivity contribution in [2.75, 3.05) is 0 Å². The first-order chi connectivity index (χ1) is 14.9. The predicted molar refractivity (Wildman–Crippen MR) is 132 cm³/mol. The molecule has 0 nitrogen and oxygen atoms in total.